The van der Waals surface area contributed by atoms with E-state index in [2.05, 4.69) is 26.0 Å². The average Bonchev–Trinajstić information content (AvgIpc) is 3.09. The highest BCUT2D eigenvalue weighted by atomic mass is 31.2. The van der Waals surface area contributed by atoms with Gasteiger partial charge in [0, 0.05) is 12.8 Å². The van der Waals surface area contributed by atoms with Crippen molar-refractivity contribution in [3.8, 4) is 0 Å². The highest BCUT2D eigenvalue weighted by Crippen LogP contribution is 2.38. The van der Waals surface area contributed by atoms with Crippen molar-refractivity contribution in [3.05, 3.63) is 12.2 Å². The second-order valence-electron chi connectivity index (χ2n) is 15.7. The van der Waals surface area contributed by atoms with E-state index < -0.39 is 26.5 Å². The van der Waals surface area contributed by atoms with Crippen molar-refractivity contribution in [2.24, 2.45) is 0 Å². The van der Waals surface area contributed by atoms with Gasteiger partial charge in [0.1, 0.15) is 19.8 Å². The number of allylic oxidation sites excluding steroid dienone is 2. The molecule has 52 heavy (non-hydrogen) atoms. The summed E-state index contributed by atoms with van der Waals surface area (Å²) >= 11 is 0. The lowest BCUT2D eigenvalue weighted by Crippen LogP contribution is -2.37. The van der Waals surface area contributed by atoms with Crippen molar-refractivity contribution < 1.29 is 42.1 Å². The van der Waals surface area contributed by atoms with Crippen molar-refractivity contribution >= 4 is 19.8 Å². The van der Waals surface area contributed by atoms with Crippen LogP contribution in [0.25, 0.3) is 0 Å². The Hall–Kier alpha value is -1.25. The normalized spacial score (nSPS) is 13.7. The second-order valence-corrected chi connectivity index (χ2v) is 17.1. The molecule has 0 aromatic heterocycles. The van der Waals surface area contributed by atoms with Crippen LogP contribution in [0.5, 0.6) is 0 Å². The molecule has 0 aromatic carbocycles. The Balaban J connectivity index is 4.20. The predicted octanol–water partition coefficient (Wildman–Crippen LogP) is 11.2. The first-order valence-corrected chi connectivity index (χ1v) is 22.9. The van der Waals surface area contributed by atoms with Crippen LogP contribution in [-0.2, 0) is 32.7 Å². The minimum atomic E-state index is -4.61. The third kappa shape index (κ3) is 38.5. The van der Waals surface area contributed by atoms with Gasteiger partial charge < -0.3 is 27.9 Å². The fraction of sp³-hybridized carbons (Fsp3) is 0.905. The van der Waals surface area contributed by atoms with Crippen LogP contribution < -0.4 is 4.89 Å². The molecule has 10 heteroatoms. The number of rotatable bonds is 39. The van der Waals surface area contributed by atoms with E-state index in [4.69, 9.17) is 18.5 Å². The molecule has 0 aliphatic rings. The number of hydrogen-bond acceptors (Lipinski definition) is 8. The molecule has 2 atom stereocenters. The van der Waals surface area contributed by atoms with Crippen LogP contribution in [0.4, 0.5) is 0 Å². The maximum Gasteiger partial charge on any atom is 0.306 e. The fourth-order valence-corrected chi connectivity index (χ4v) is 6.61. The van der Waals surface area contributed by atoms with Crippen molar-refractivity contribution in [1.82, 2.24) is 0 Å². The minimum Gasteiger partial charge on any atom is -0.756 e. The summed E-state index contributed by atoms with van der Waals surface area (Å²) in [5.41, 5.74) is 0. The van der Waals surface area contributed by atoms with E-state index in [0.717, 1.165) is 38.5 Å². The van der Waals surface area contributed by atoms with Crippen LogP contribution in [0.15, 0.2) is 12.2 Å². The summed E-state index contributed by atoms with van der Waals surface area (Å²) in [4.78, 5) is 37.3. The van der Waals surface area contributed by atoms with Crippen LogP contribution in [-0.4, -0.2) is 70.0 Å². The Labute approximate surface area is 320 Å². The van der Waals surface area contributed by atoms with Crippen molar-refractivity contribution in [1.29, 1.82) is 0 Å². The Morgan fingerprint density at radius 3 is 1.42 bits per heavy atom. The van der Waals surface area contributed by atoms with E-state index in [1.165, 1.54) is 122 Å². The Morgan fingerprint density at radius 1 is 0.577 bits per heavy atom. The molecule has 0 N–H and O–H groups in total. The van der Waals surface area contributed by atoms with Gasteiger partial charge in [0.15, 0.2) is 6.10 Å². The molecule has 0 radical (unpaired) electrons. The molecule has 9 nitrogen and oxygen atoms in total. The minimum absolute atomic E-state index is 0.0285. The molecule has 0 fully saturated rings. The molecule has 308 valence electrons. The molecular weight excluding hydrogens is 677 g/mol. The first kappa shape index (κ1) is 50.8. The first-order valence-electron chi connectivity index (χ1n) is 21.4. The summed E-state index contributed by atoms with van der Waals surface area (Å²) < 4.78 is 33.7. The quantitative estimate of drug-likeness (QED) is 0.0200. The highest BCUT2D eigenvalue weighted by molar-refractivity contribution is 7.45. The summed E-state index contributed by atoms with van der Waals surface area (Å²) in [5, 5.41) is 0. The Kier molecular flexibility index (Phi) is 34.6. The first-order chi connectivity index (χ1) is 25.0. The maximum atomic E-state index is 12.6. The number of carbonyl (C=O) groups is 2. The highest BCUT2D eigenvalue weighted by Gasteiger charge is 2.21. The van der Waals surface area contributed by atoms with E-state index >= 15 is 0 Å². The standard InChI is InChI=1S/C42H82NO8P/c1-6-8-10-12-14-15-16-17-18-19-20-21-22-23-24-25-26-27-29-31-33-35-42(45)51-40(39-50-52(46,47)49-37-36-43(3,4)5)38-48-41(44)34-32-30-28-13-11-9-7-2/h19-20,40H,6-18,21-39H2,1-5H3/b20-19-. The lowest BCUT2D eigenvalue weighted by molar-refractivity contribution is -0.870. The monoisotopic (exact) mass is 760 g/mol. The second kappa shape index (κ2) is 35.5. The number of phosphoric ester groups is 1. The third-order valence-corrected chi connectivity index (χ3v) is 10.2. The molecule has 0 spiro atoms. The zero-order chi connectivity index (χ0) is 38.6. The lowest BCUT2D eigenvalue weighted by Gasteiger charge is -2.28. The summed E-state index contributed by atoms with van der Waals surface area (Å²) in [6.07, 6.45) is 35.5. The zero-order valence-corrected chi connectivity index (χ0v) is 35.4. The van der Waals surface area contributed by atoms with Gasteiger partial charge in [0.25, 0.3) is 7.82 Å². The molecule has 0 saturated carbocycles. The van der Waals surface area contributed by atoms with Gasteiger partial charge >= 0.3 is 11.9 Å². The summed E-state index contributed by atoms with van der Waals surface area (Å²) in [5.74, 6) is -0.837. The van der Waals surface area contributed by atoms with E-state index in [1.54, 1.807) is 0 Å². The third-order valence-electron chi connectivity index (χ3n) is 9.29. The number of phosphoric acid groups is 1. The topological polar surface area (TPSA) is 111 Å². The van der Waals surface area contributed by atoms with Gasteiger partial charge in [-0.25, -0.2) is 0 Å². The van der Waals surface area contributed by atoms with E-state index in [9.17, 15) is 19.0 Å². The molecule has 0 aliphatic carbocycles. The van der Waals surface area contributed by atoms with Crippen molar-refractivity contribution in [2.45, 2.75) is 200 Å². The van der Waals surface area contributed by atoms with Crippen LogP contribution in [0.1, 0.15) is 194 Å². The summed E-state index contributed by atoms with van der Waals surface area (Å²) in [6.45, 7) is 4.18. The zero-order valence-electron chi connectivity index (χ0n) is 34.5. The molecule has 0 amide bonds. The number of likely N-dealkylation sites (N-methyl/N-ethyl adjacent to an activating group) is 1. The maximum absolute atomic E-state index is 12.6. The Morgan fingerprint density at radius 2 is 0.981 bits per heavy atom. The number of unbranched alkanes of at least 4 members (excludes halogenated alkanes) is 23. The van der Waals surface area contributed by atoms with Gasteiger partial charge in [-0.2, -0.15) is 0 Å². The van der Waals surface area contributed by atoms with Gasteiger partial charge in [-0.15, -0.1) is 0 Å². The van der Waals surface area contributed by atoms with Crippen LogP contribution in [0.3, 0.4) is 0 Å². The predicted molar refractivity (Wildman–Crippen MR) is 213 cm³/mol. The van der Waals surface area contributed by atoms with E-state index in [1.807, 2.05) is 21.1 Å². The van der Waals surface area contributed by atoms with Gasteiger partial charge in [-0.3, -0.25) is 14.2 Å². The van der Waals surface area contributed by atoms with Gasteiger partial charge in [0.05, 0.1) is 27.7 Å². The number of nitrogens with zero attached hydrogens (tertiary/aromatic N) is 1. The number of carbonyl (C=O) groups excluding carboxylic acids is 2. The number of hydrogen-bond donors (Lipinski definition) is 0. The van der Waals surface area contributed by atoms with Crippen LogP contribution >= 0.6 is 7.82 Å². The van der Waals surface area contributed by atoms with E-state index in [-0.39, 0.29) is 32.0 Å². The molecular formula is C42H82NO8P. The summed E-state index contributed by atoms with van der Waals surface area (Å²) in [7, 11) is 1.17. The van der Waals surface area contributed by atoms with Gasteiger partial charge in [0.2, 0.25) is 0 Å². The molecule has 0 heterocycles. The molecule has 2 unspecified atom stereocenters. The number of esters is 2. The number of ether oxygens (including phenoxy) is 2. The lowest BCUT2D eigenvalue weighted by atomic mass is 10.1. The molecule has 0 bridgehead atoms. The molecule has 0 rings (SSSR count). The average molecular weight is 760 g/mol. The number of quaternary nitrogens is 1. The van der Waals surface area contributed by atoms with Crippen molar-refractivity contribution in [2.75, 3.05) is 47.5 Å². The van der Waals surface area contributed by atoms with Gasteiger partial charge in [-0.1, -0.05) is 154 Å². The SMILES string of the molecule is CCCCCCCCCC/C=C\CCCCCCCCCCCC(=O)OC(COC(=O)CCCCCCCCC)COP(=O)([O-])OCC[N+](C)(C)C. The largest absolute Gasteiger partial charge is 0.756 e. The van der Waals surface area contributed by atoms with E-state index in [0.29, 0.717) is 17.4 Å². The fourth-order valence-electron chi connectivity index (χ4n) is 5.88. The van der Waals surface area contributed by atoms with Crippen molar-refractivity contribution in [3.63, 3.8) is 0 Å². The van der Waals surface area contributed by atoms with Crippen LogP contribution in [0, 0.1) is 0 Å². The molecule has 0 saturated heterocycles. The smallest absolute Gasteiger partial charge is 0.306 e. The van der Waals surface area contributed by atoms with Crippen LogP contribution in [0.2, 0.25) is 0 Å². The van der Waals surface area contributed by atoms with Gasteiger partial charge in [-0.05, 0) is 38.5 Å². The Bertz CT molecular complexity index is 907. The summed E-state index contributed by atoms with van der Waals surface area (Å²) in [6, 6.07) is 0. The molecule has 0 aliphatic heterocycles. The molecule has 0 aromatic rings.